The normalized spacial score (nSPS) is 12.5. The Kier molecular flexibility index (Phi) is 5.82. The van der Waals surface area contributed by atoms with E-state index in [0.717, 1.165) is 12.1 Å². The number of nitrogens with one attached hydrogen (secondary N) is 1. The molecular formula is C14H22N2O2. The van der Waals surface area contributed by atoms with Gasteiger partial charge < -0.3 is 15.0 Å². The fourth-order valence-electron chi connectivity index (χ4n) is 1.88. The average molecular weight is 250 g/mol. The van der Waals surface area contributed by atoms with E-state index in [2.05, 4.69) is 17.1 Å². The topological polar surface area (TPSA) is 41.6 Å². The van der Waals surface area contributed by atoms with Crippen molar-refractivity contribution in [1.29, 1.82) is 0 Å². The first kappa shape index (κ1) is 14.7. The zero-order chi connectivity index (χ0) is 13.5. The van der Waals surface area contributed by atoms with Crippen molar-refractivity contribution in [2.75, 3.05) is 27.7 Å². The van der Waals surface area contributed by atoms with Crippen LogP contribution in [0.15, 0.2) is 24.3 Å². The second-order valence-corrected chi connectivity index (χ2v) is 4.69. The summed E-state index contributed by atoms with van der Waals surface area (Å²) in [6.45, 7) is 3.75. The van der Waals surface area contributed by atoms with Gasteiger partial charge in [-0.1, -0.05) is 18.2 Å². The maximum atomic E-state index is 11.6. The van der Waals surface area contributed by atoms with Gasteiger partial charge in [-0.25, -0.2) is 4.79 Å². The Bertz CT molecular complexity index is 391. The smallest absolute Gasteiger partial charge is 0.338 e. The van der Waals surface area contributed by atoms with Gasteiger partial charge in [-0.05, 0) is 32.6 Å². The van der Waals surface area contributed by atoms with Gasteiger partial charge in [0.05, 0.1) is 12.7 Å². The van der Waals surface area contributed by atoms with Crippen LogP contribution in [0.4, 0.5) is 0 Å². The molecule has 0 aliphatic carbocycles. The van der Waals surface area contributed by atoms with E-state index in [9.17, 15) is 4.79 Å². The van der Waals surface area contributed by atoms with E-state index in [4.69, 9.17) is 4.74 Å². The molecule has 0 bridgehead atoms. The van der Waals surface area contributed by atoms with Gasteiger partial charge >= 0.3 is 5.97 Å². The molecule has 0 amide bonds. The summed E-state index contributed by atoms with van der Waals surface area (Å²) < 4.78 is 4.77. The van der Waals surface area contributed by atoms with Crippen LogP contribution in [0.3, 0.4) is 0 Å². The number of rotatable bonds is 6. The lowest BCUT2D eigenvalue weighted by atomic mass is 10.1. The molecule has 0 saturated carbocycles. The maximum absolute atomic E-state index is 11.6. The Morgan fingerprint density at radius 2 is 2.06 bits per heavy atom. The first-order valence-electron chi connectivity index (χ1n) is 6.09. The Hall–Kier alpha value is -1.39. The molecule has 0 saturated heterocycles. The van der Waals surface area contributed by atoms with Crippen LogP contribution >= 0.6 is 0 Å². The first-order chi connectivity index (χ1) is 8.54. The molecule has 1 rings (SSSR count). The van der Waals surface area contributed by atoms with E-state index in [-0.39, 0.29) is 5.97 Å². The fraction of sp³-hybridized carbons (Fsp3) is 0.500. The van der Waals surface area contributed by atoms with Gasteiger partial charge in [0.1, 0.15) is 0 Å². The number of carbonyl (C=O) groups excluding carboxylic acids is 1. The quantitative estimate of drug-likeness (QED) is 0.777. The molecule has 4 heteroatoms. The Morgan fingerprint density at radius 1 is 1.39 bits per heavy atom. The van der Waals surface area contributed by atoms with Gasteiger partial charge in [0.2, 0.25) is 0 Å². The van der Waals surface area contributed by atoms with Crippen LogP contribution < -0.4 is 5.32 Å². The molecule has 0 aromatic heterocycles. The summed E-state index contributed by atoms with van der Waals surface area (Å²) in [5.41, 5.74) is 1.60. The van der Waals surface area contributed by atoms with Crippen LogP contribution in [0.1, 0.15) is 22.8 Å². The standard InChI is InChI=1S/C14H22N2O2/c1-11(10-16(2)3)15-9-12-7-5-6-8-13(12)14(17)18-4/h5-8,11,15H,9-10H2,1-4H3. The van der Waals surface area contributed by atoms with Gasteiger partial charge in [0.15, 0.2) is 0 Å². The zero-order valence-electron chi connectivity index (χ0n) is 11.6. The lowest BCUT2D eigenvalue weighted by molar-refractivity contribution is 0.0599. The summed E-state index contributed by atoms with van der Waals surface area (Å²) >= 11 is 0. The van der Waals surface area contributed by atoms with Crippen LogP contribution in [-0.4, -0.2) is 44.7 Å². The van der Waals surface area contributed by atoms with Crippen LogP contribution in [0.5, 0.6) is 0 Å². The van der Waals surface area contributed by atoms with E-state index in [1.165, 1.54) is 7.11 Å². The highest BCUT2D eigenvalue weighted by Gasteiger charge is 2.11. The number of carbonyl (C=O) groups is 1. The lowest BCUT2D eigenvalue weighted by Gasteiger charge is -2.19. The first-order valence-corrected chi connectivity index (χ1v) is 6.09. The molecular weight excluding hydrogens is 228 g/mol. The van der Waals surface area contributed by atoms with Crippen LogP contribution in [0.2, 0.25) is 0 Å². The molecule has 1 N–H and O–H groups in total. The zero-order valence-corrected chi connectivity index (χ0v) is 11.6. The summed E-state index contributed by atoms with van der Waals surface area (Å²) in [6.07, 6.45) is 0. The van der Waals surface area contributed by atoms with E-state index in [1.54, 1.807) is 6.07 Å². The molecule has 1 unspecified atom stereocenters. The van der Waals surface area contributed by atoms with Crippen molar-refractivity contribution in [1.82, 2.24) is 10.2 Å². The number of hydrogen-bond acceptors (Lipinski definition) is 4. The van der Waals surface area contributed by atoms with Gasteiger partial charge in [-0.3, -0.25) is 0 Å². The van der Waals surface area contributed by atoms with E-state index in [0.29, 0.717) is 18.2 Å². The van der Waals surface area contributed by atoms with Crippen molar-refractivity contribution >= 4 is 5.97 Å². The molecule has 0 aliphatic heterocycles. The molecule has 1 aromatic carbocycles. The third-order valence-corrected chi connectivity index (χ3v) is 2.70. The number of esters is 1. The van der Waals surface area contributed by atoms with E-state index >= 15 is 0 Å². The Labute approximate surface area is 109 Å². The number of likely N-dealkylation sites (N-methyl/N-ethyl adjacent to an activating group) is 1. The molecule has 0 spiro atoms. The fourth-order valence-corrected chi connectivity index (χ4v) is 1.88. The largest absolute Gasteiger partial charge is 0.465 e. The second-order valence-electron chi connectivity index (χ2n) is 4.69. The molecule has 0 fully saturated rings. The highest BCUT2D eigenvalue weighted by Crippen LogP contribution is 2.10. The van der Waals surface area contributed by atoms with E-state index < -0.39 is 0 Å². The van der Waals surface area contributed by atoms with Crippen molar-refractivity contribution in [2.24, 2.45) is 0 Å². The minimum absolute atomic E-state index is 0.285. The predicted molar refractivity (Wildman–Crippen MR) is 72.6 cm³/mol. The van der Waals surface area contributed by atoms with E-state index in [1.807, 2.05) is 32.3 Å². The third-order valence-electron chi connectivity index (χ3n) is 2.70. The summed E-state index contributed by atoms with van der Waals surface area (Å²) in [6, 6.07) is 7.88. The molecule has 1 atom stereocenters. The predicted octanol–water partition coefficient (Wildman–Crippen LogP) is 1.51. The van der Waals surface area contributed by atoms with Crippen molar-refractivity contribution in [2.45, 2.75) is 19.5 Å². The second kappa shape index (κ2) is 7.13. The van der Waals surface area contributed by atoms with Crippen LogP contribution in [0, 0.1) is 0 Å². The summed E-state index contributed by atoms with van der Waals surface area (Å²) in [4.78, 5) is 13.7. The molecule has 18 heavy (non-hydrogen) atoms. The highest BCUT2D eigenvalue weighted by atomic mass is 16.5. The van der Waals surface area contributed by atoms with Gasteiger partial charge in [0, 0.05) is 19.1 Å². The van der Waals surface area contributed by atoms with Crippen molar-refractivity contribution < 1.29 is 9.53 Å². The van der Waals surface area contributed by atoms with Gasteiger partial charge in [-0.15, -0.1) is 0 Å². The number of ether oxygens (including phenoxy) is 1. The summed E-state index contributed by atoms with van der Waals surface area (Å²) in [7, 11) is 5.49. The van der Waals surface area contributed by atoms with Crippen molar-refractivity contribution in [3.05, 3.63) is 35.4 Å². The molecule has 0 radical (unpaired) electrons. The monoisotopic (exact) mass is 250 g/mol. The Balaban J connectivity index is 2.64. The summed E-state index contributed by atoms with van der Waals surface area (Å²) in [5.74, 6) is -0.285. The number of methoxy groups -OCH3 is 1. The van der Waals surface area contributed by atoms with Crippen LogP contribution in [0.25, 0.3) is 0 Å². The minimum Gasteiger partial charge on any atom is -0.465 e. The van der Waals surface area contributed by atoms with Crippen molar-refractivity contribution in [3.8, 4) is 0 Å². The molecule has 1 aromatic rings. The van der Waals surface area contributed by atoms with Gasteiger partial charge in [0.25, 0.3) is 0 Å². The molecule has 4 nitrogen and oxygen atoms in total. The highest BCUT2D eigenvalue weighted by molar-refractivity contribution is 5.90. The molecule has 0 aliphatic rings. The van der Waals surface area contributed by atoms with Gasteiger partial charge in [-0.2, -0.15) is 0 Å². The molecule has 0 heterocycles. The summed E-state index contributed by atoms with van der Waals surface area (Å²) in [5, 5.41) is 3.40. The Morgan fingerprint density at radius 3 is 2.67 bits per heavy atom. The third kappa shape index (κ3) is 4.47. The van der Waals surface area contributed by atoms with Crippen molar-refractivity contribution in [3.63, 3.8) is 0 Å². The number of hydrogen-bond donors (Lipinski definition) is 1. The minimum atomic E-state index is -0.285. The maximum Gasteiger partial charge on any atom is 0.338 e. The molecule has 100 valence electrons. The SMILES string of the molecule is COC(=O)c1ccccc1CNC(C)CN(C)C. The van der Waals surface area contributed by atoms with Crippen LogP contribution in [-0.2, 0) is 11.3 Å². The number of benzene rings is 1. The lowest BCUT2D eigenvalue weighted by Crippen LogP contribution is -2.35. The average Bonchev–Trinajstić information content (AvgIpc) is 2.35. The number of nitrogens with zero attached hydrogens (tertiary/aromatic N) is 1.